The summed E-state index contributed by atoms with van der Waals surface area (Å²) in [7, 11) is 0. The molecule has 1 aliphatic heterocycles. The van der Waals surface area contributed by atoms with E-state index in [9.17, 15) is 5.11 Å². The zero-order valence-corrected chi connectivity index (χ0v) is 20.1. The number of guanidine groups is 1. The molecule has 0 aliphatic carbocycles. The first-order valence-corrected chi connectivity index (χ1v) is 10.7. The average molecular weight is 523 g/mol. The van der Waals surface area contributed by atoms with Crippen molar-refractivity contribution in [3.05, 3.63) is 59.9 Å². The number of aliphatic imine (C=N–C) groups is 1. The lowest BCUT2D eigenvalue weighted by Gasteiger charge is -2.32. The summed E-state index contributed by atoms with van der Waals surface area (Å²) in [5.74, 6) is 1.30. The molecule has 1 aromatic heterocycles. The maximum Gasteiger partial charge on any atom is 0.191 e. The van der Waals surface area contributed by atoms with Gasteiger partial charge in [-0.3, -0.25) is 4.98 Å². The number of nitrogens with zero attached hydrogens (tertiary/aromatic N) is 3. The van der Waals surface area contributed by atoms with Gasteiger partial charge in [-0.15, -0.1) is 24.0 Å². The Labute approximate surface area is 197 Å². The van der Waals surface area contributed by atoms with Crippen LogP contribution < -0.4 is 15.5 Å². The van der Waals surface area contributed by atoms with Crippen LogP contribution in [0.15, 0.2) is 53.7 Å². The van der Waals surface area contributed by atoms with Crippen molar-refractivity contribution in [2.24, 2.45) is 10.9 Å². The van der Waals surface area contributed by atoms with E-state index in [0.29, 0.717) is 19.1 Å². The SMILES string of the molecule is CCNC(=NCc1ccc(N2CCC(CO)CC2)cc1)NCCc1ccccn1.I. The van der Waals surface area contributed by atoms with Gasteiger partial charge in [0.25, 0.3) is 0 Å². The number of aliphatic hydroxyl groups is 1. The van der Waals surface area contributed by atoms with Gasteiger partial charge in [-0.2, -0.15) is 0 Å². The van der Waals surface area contributed by atoms with Crippen LogP contribution in [0.3, 0.4) is 0 Å². The zero-order valence-electron chi connectivity index (χ0n) is 17.8. The van der Waals surface area contributed by atoms with Crippen molar-refractivity contribution in [3.8, 4) is 0 Å². The lowest BCUT2D eigenvalue weighted by molar-refractivity contribution is 0.203. The Morgan fingerprint density at radius 3 is 2.53 bits per heavy atom. The lowest BCUT2D eigenvalue weighted by atomic mass is 9.97. The monoisotopic (exact) mass is 523 g/mol. The molecule has 30 heavy (non-hydrogen) atoms. The number of aromatic nitrogens is 1. The number of rotatable bonds is 8. The van der Waals surface area contributed by atoms with Crippen molar-refractivity contribution < 1.29 is 5.11 Å². The maximum atomic E-state index is 9.29. The van der Waals surface area contributed by atoms with Crippen molar-refractivity contribution in [3.63, 3.8) is 0 Å². The number of nitrogens with one attached hydrogen (secondary N) is 2. The van der Waals surface area contributed by atoms with Gasteiger partial charge in [-0.25, -0.2) is 4.99 Å². The highest BCUT2D eigenvalue weighted by Gasteiger charge is 2.18. The fraction of sp³-hybridized carbons (Fsp3) is 0.478. The molecule has 0 bridgehead atoms. The minimum absolute atomic E-state index is 0. The summed E-state index contributed by atoms with van der Waals surface area (Å²) in [6.45, 7) is 6.70. The Morgan fingerprint density at radius 2 is 1.90 bits per heavy atom. The van der Waals surface area contributed by atoms with Gasteiger partial charge in [0.1, 0.15) is 0 Å². The summed E-state index contributed by atoms with van der Waals surface area (Å²) in [5.41, 5.74) is 3.53. The van der Waals surface area contributed by atoms with Crippen molar-refractivity contribution in [2.75, 3.05) is 37.7 Å². The number of anilines is 1. The second kappa shape index (κ2) is 13.4. The van der Waals surface area contributed by atoms with E-state index in [1.807, 2.05) is 24.4 Å². The molecule has 3 rings (SSSR count). The summed E-state index contributed by atoms with van der Waals surface area (Å²) in [5, 5.41) is 16.0. The molecule has 1 aliphatic rings. The highest BCUT2D eigenvalue weighted by molar-refractivity contribution is 14.0. The van der Waals surface area contributed by atoms with Crippen LogP contribution in [0.5, 0.6) is 0 Å². The van der Waals surface area contributed by atoms with Gasteiger partial charge in [0.15, 0.2) is 5.96 Å². The van der Waals surface area contributed by atoms with Gasteiger partial charge in [0.05, 0.1) is 6.54 Å². The quantitative estimate of drug-likeness (QED) is 0.282. The van der Waals surface area contributed by atoms with Gasteiger partial charge in [0, 0.05) is 56.8 Å². The number of halogens is 1. The minimum atomic E-state index is 0. The number of hydrogen-bond donors (Lipinski definition) is 3. The highest BCUT2D eigenvalue weighted by atomic mass is 127. The molecule has 2 heterocycles. The van der Waals surface area contributed by atoms with Crippen LogP contribution in [-0.2, 0) is 13.0 Å². The van der Waals surface area contributed by atoms with Crippen LogP contribution in [0.1, 0.15) is 31.0 Å². The molecule has 3 N–H and O–H groups in total. The fourth-order valence-corrected chi connectivity index (χ4v) is 3.55. The Balaban J connectivity index is 0.00000320. The molecular formula is C23H34IN5O. The minimum Gasteiger partial charge on any atom is -0.396 e. The summed E-state index contributed by atoms with van der Waals surface area (Å²) in [4.78, 5) is 11.5. The Kier molecular flexibility index (Phi) is 10.9. The van der Waals surface area contributed by atoms with Crippen molar-refractivity contribution in [1.29, 1.82) is 0 Å². The van der Waals surface area contributed by atoms with Gasteiger partial charge in [-0.1, -0.05) is 18.2 Å². The highest BCUT2D eigenvalue weighted by Crippen LogP contribution is 2.23. The van der Waals surface area contributed by atoms with E-state index in [-0.39, 0.29) is 24.0 Å². The van der Waals surface area contributed by atoms with Crippen LogP contribution >= 0.6 is 24.0 Å². The number of hydrogen-bond acceptors (Lipinski definition) is 4. The number of benzene rings is 1. The van der Waals surface area contributed by atoms with E-state index in [2.05, 4.69) is 51.7 Å². The van der Waals surface area contributed by atoms with Gasteiger partial charge >= 0.3 is 0 Å². The molecule has 0 unspecified atom stereocenters. The fourth-order valence-electron chi connectivity index (χ4n) is 3.55. The zero-order chi connectivity index (χ0) is 20.3. The molecule has 6 nitrogen and oxygen atoms in total. The number of pyridine rings is 1. The Hall–Kier alpha value is -1.87. The van der Waals surface area contributed by atoms with E-state index >= 15 is 0 Å². The first-order chi connectivity index (χ1) is 14.3. The number of piperidine rings is 1. The summed E-state index contributed by atoms with van der Waals surface area (Å²) < 4.78 is 0. The topological polar surface area (TPSA) is 72.8 Å². The van der Waals surface area contributed by atoms with Gasteiger partial charge in [-0.05, 0) is 55.5 Å². The van der Waals surface area contributed by atoms with Crippen LogP contribution in [0, 0.1) is 5.92 Å². The van der Waals surface area contributed by atoms with Crippen LogP contribution in [-0.4, -0.2) is 48.8 Å². The third-order valence-corrected chi connectivity index (χ3v) is 5.34. The maximum absolute atomic E-state index is 9.29. The molecule has 1 aromatic carbocycles. The van der Waals surface area contributed by atoms with Crippen molar-refractivity contribution >= 4 is 35.6 Å². The second-order valence-corrected chi connectivity index (χ2v) is 7.47. The van der Waals surface area contributed by atoms with Gasteiger partial charge in [0.2, 0.25) is 0 Å². The molecule has 1 saturated heterocycles. The smallest absolute Gasteiger partial charge is 0.191 e. The summed E-state index contributed by atoms with van der Waals surface area (Å²) in [6.07, 6.45) is 4.83. The first kappa shape index (κ1) is 24.4. The molecule has 164 valence electrons. The van der Waals surface area contributed by atoms with Crippen LogP contribution in [0.2, 0.25) is 0 Å². The Bertz CT molecular complexity index is 746. The lowest BCUT2D eigenvalue weighted by Crippen LogP contribution is -2.38. The van der Waals surface area contributed by atoms with E-state index in [1.54, 1.807) is 0 Å². The molecule has 2 aromatic rings. The largest absolute Gasteiger partial charge is 0.396 e. The molecular weight excluding hydrogens is 489 g/mol. The van der Waals surface area contributed by atoms with E-state index in [4.69, 9.17) is 4.99 Å². The number of aliphatic hydroxyl groups excluding tert-OH is 1. The van der Waals surface area contributed by atoms with Crippen molar-refractivity contribution in [2.45, 2.75) is 32.7 Å². The molecule has 1 fully saturated rings. The summed E-state index contributed by atoms with van der Waals surface area (Å²) in [6, 6.07) is 14.7. The Morgan fingerprint density at radius 1 is 1.13 bits per heavy atom. The average Bonchev–Trinajstić information content (AvgIpc) is 2.78. The van der Waals surface area contributed by atoms with Crippen LogP contribution in [0.25, 0.3) is 0 Å². The van der Waals surface area contributed by atoms with E-state index in [0.717, 1.165) is 57.1 Å². The van der Waals surface area contributed by atoms with Gasteiger partial charge < -0.3 is 20.6 Å². The first-order valence-electron chi connectivity index (χ1n) is 10.7. The van der Waals surface area contributed by atoms with Crippen molar-refractivity contribution in [1.82, 2.24) is 15.6 Å². The molecule has 0 saturated carbocycles. The predicted molar refractivity (Wildman–Crippen MR) is 135 cm³/mol. The molecule has 0 radical (unpaired) electrons. The molecule has 0 spiro atoms. The normalized spacial score (nSPS) is 14.9. The third kappa shape index (κ3) is 7.75. The summed E-state index contributed by atoms with van der Waals surface area (Å²) >= 11 is 0. The molecule has 7 heteroatoms. The van der Waals surface area contributed by atoms with E-state index < -0.39 is 0 Å². The molecule has 0 atom stereocenters. The van der Waals surface area contributed by atoms with E-state index in [1.165, 1.54) is 11.3 Å². The van der Waals surface area contributed by atoms with Crippen LogP contribution in [0.4, 0.5) is 5.69 Å². The predicted octanol–water partition coefficient (Wildman–Crippen LogP) is 3.21. The second-order valence-electron chi connectivity index (χ2n) is 7.47. The third-order valence-electron chi connectivity index (χ3n) is 5.34. The standard InChI is InChI=1S/C23H33N5O.HI/c1-2-24-23(26-14-10-21-5-3-4-13-25-21)27-17-19-6-8-22(9-7-19)28-15-11-20(18-29)12-16-28;/h3-9,13,20,29H,2,10-12,14-18H2,1H3,(H2,24,26,27);1H. The molecule has 0 amide bonds.